The molecule has 0 bridgehead atoms. The minimum Gasteiger partial charge on any atom is -0.503 e. The van der Waals surface area contributed by atoms with E-state index in [1.165, 1.54) is 16.2 Å². The van der Waals surface area contributed by atoms with E-state index in [1.807, 2.05) is 6.92 Å². The van der Waals surface area contributed by atoms with Crippen LogP contribution in [0.25, 0.3) is 0 Å². The van der Waals surface area contributed by atoms with E-state index in [-0.39, 0.29) is 11.4 Å². The summed E-state index contributed by atoms with van der Waals surface area (Å²) >= 11 is 7.56. The molecule has 2 aromatic carbocycles. The lowest BCUT2D eigenvalue weighted by Crippen LogP contribution is -2.31. The molecule has 7 heteroatoms. The lowest BCUT2D eigenvalue weighted by Gasteiger charge is -2.27. The lowest BCUT2D eigenvalue weighted by molar-refractivity contribution is -0.117. The number of hydrogen-bond donors (Lipinski definition) is 1. The molecule has 0 spiro atoms. The summed E-state index contributed by atoms with van der Waals surface area (Å²) < 4.78 is 5.33. The number of carbonyl (C=O) groups excluding carboxylic acids is 2. The van der Waals surface area contributed by atoms with Gasteiger partial charge in [-0.05, 0) is 53.8 Å². The van der Waals surface area contributed by atoms with Crippen LogP contribution in [0, 0.1) is 6.92 Å². The Balaban J connectivity index is 1.90. The fourth-order valence-corrected chi connectivity index (χ4v) is 4.36. The summed E-state index contributed by atoms with van der Waals surface area (Å²) in [6, 6.07) is 14.9. The normalized spacial score (nSPS) is 16.3. The fourth-order valence-electron chi connectivity index (χ4n) is 3.50. The predicted octanol–water partition coefficient (Wildman–Crippen LogP) is 5.50. The first-order chi connectivity index (χ1) is 14.4. The Hall–Kier alpha value is -3.09. The Morgan fingerprint density at radius 1 is 1.17 bits per heavy atom. The second kappa shape index (κ2) is 7.97. The van der Waals surface area contributed by atoms with E-state index in [2.05, 4.69) is 0 Å². The maximum atomic E-state index is 13.3. The number of anilines is 1. The van der Waals surface area contributed by atoms with Crippen molar-refractivity contribution >= 4 is 40.3 Å². The van der Waals surface area contributed by atoms with E-state index in [4.69, 9.17) is 16.3 Å². The Labute approximate surface area is 182 Å². The maximum Gasteiger partial charge on any atom is 0.294 e. The highest BCUT2D eigenvalue weighted by Gasteiger charge is 2.45. The molecule has 0 radical (unpaired) electrons. The first kappa shape index (κ1) is 20.2. The van der Waals surface area contributed by atoms with Gasteiger partial charge in [0.25, 0.3) is 5.91 Å². The highest BCUT2D eigenvalue weighted by molar-refractivity contribution is 7.12. The van der Waals surface area contributed by atoms with Crippen molar-refractivity contribution in [2.45, 2.75) is 13.0 Å². The number of benzene rings is 2. The molecule has 1 aliphatic heterocycles. The molecule has 1 aliphatic rings. The quantitative estimate of drug-likeness (QED) is 0.533. The number of ketones is 1. The maximum absolute atomic E-state index is 13.3. The Morgan fingerprint density at radius 2 is 1.97 bits per heavy atom. The molecule has 5 nitrogen and oxygen atoms in total. The van der Waals surface area contributed by atoms with Crippen molar-refractivity contribution in [3.63, 3.8) is 0 Å². The van der Waals surface area contributed by atoms with Gasteiger partial charge in [0.15, 0.2) is 5.76 Å². The lowest BCUT2D eigenvalue weighted by atomic mass is 9.95. The molecule has 3 aromatic rings. The van der Waals surface area contributed by atoms with Gasteiger partial charge >= 0.3 is 0 Å². The molecule has 4 rings (SSSR count). The van der Waals surface area contributed by atoms with Gasteiger partial charge in [0.2, 0.25) is 5.78 Å². The zero-order valence-corrected chi connectivity index (χ0v) is 17.8. The summed E-state index contributed by atoms with van der Waals surface area (Å²) in [5.41, 5.74) is 2.02. The molecular weight excluding hydrogens is 422 g/mol. The zero-order chi connectivity index (χ0) is 21.4. The molecule has 0 saturated heterocycles. The summed E-state index contributed by atoms with van der Waals surface area (Å²) in [7, 11) is 1.54. The van der Waals surface area contributed by atoms with Gasteiger partial charge in [-0.2, -0.15) is 0 Å². The number of aliphatic hydroxyl groups excluding tert-OH is 1. The Kier molecular flexibility index (Phi) is 5.37. The zero-order valence-electron chi connectivity index (χ0n) is 16.3. The average Bonchev–Trinajstić information content (AvgIpc) is 3.37. The second-order valence-corrected chi connectivity index (χ2v) is 8.21. The monoisotopic (exact) mass is 439 g/mol. The van der Waals surface area contributed by atoms with Crippen LogP contribution in [0.2, 0.25) is 5.02 Å². The van der Waals surface area contributed by atoms with Gasteiger partial charge in [0.05, 0.1) is 23.6 Å². The fraction of sp³-hybridized carbons (Fsp3) is 0.130. The third-order valence-corrected chi connectivity index (χ3v) is 6.32. The van der Waals surface area contributed by atoms with Gasteiger partial charge in [-0.3, -0.25) is 14.5 Å². The number of hydrogen-bond acceptors (Lipinski definition) is 5. The van der Waals surface area contributed by atoms with Gasteiger partial charge < -0.3 is 9.84 Å². The van der Waals surface area contributed by atoms with Crippen LogP contribution in [0.5, 0.6) is 5.75 Å². The van der Waals surface area contributed by atoms with Crippen molar-refractivity contribution in [2.24, 2.45) is 0 Å². The highest BCUT2D eigenvalue weighted by Crippen LogP contribution is 2.43. The van der Waals surface area contributed by atoms with Crippen molar-refractivity contribution in [1.82, 2.24) is 0 Å². The highest BCUT2D eigenvalue weighted by atomic mass is 35.5. The van der Waals surface area contributed by atoms with Crippen LogP contribution in [0.4, 0.5) is 5.69 Å². The second-order valence-electron chi connectivity index (χ2n) is 6.86. The molecule has 1 amide bonds. The topological polar surface area (TPSA) is 66.8 Å². The molecule has 0 saturated carbocycles. The summed E-state index contributed by atoms with van der Waals surface area (Å²) in [5, 5.41) is 13.0. The number of Topliss-reactive ketones (excluding diaryl/α,β-unsaturated/α-hetero) is 1. The van der Waals surface area contributed by atoms with Crippen molar-refractivity contribution in [2.75, 3.05) is 12.0 Å². The molecule has 1 unspecified atom stereocenters. The number of aryl methyl sites for hydroxylation is 1. The molecule has 1 aromatic heterocycles. The van der Waals surface area contributed by atoms with E-state index in [1.54, 1.807) is 67.1 Å². The molecule has 1 N–H and O–H groups in total. The van der Waals surface area contributed by atoms with Crippen LogP contribution >= 0.6 is 22.9 Å². The van der Waals surface area contributed by atoms with Crippen molar-refractivity contribution < 1.29 is 19.4 Å². The van der Waals surface area contributed by atoms with Crippen LogP contribution in [0.3, 0.4) is 0 Å². The first-order valence-corrected chi connectivity index (χ1v) is 10.4. The minimum atomic E-state index is -0.819. The number of thiophene rings is 1. The van der Waals surface area contributed by atoms with Gasteiger partial charge in [0, 0.05) is 10.7 Å². The third kappa shape index (κ3) is 3.38. The molecule has 30 heavy (non-hydrogen) atoms. The summed E-state index contributed by atoms with van der Waals surface area (Å²) in [6.07, 6.45) is 0. The Morgan fingerprint density at radius 3 is 2.63 bits per heavy atom. The predicted molar refractivity (Wildman–Crippen MR) is 118 cm³/mol. The summed E-state index contributed by atoms with van der Waals surface area (Å²) in [6.45, 7) is 1.86. The van der Waals surface area contributed by atoms with Crippen molar-refractivity contribution in [3.05, 3.63) is 92.3 Å². The number of nitrogens with zero attached hydrogens (tertiary/aromatic N) is 1. The van der Waals surface area contributed by atoms with E-state index in [9.17, 15) is 14.7 Å². The first-order valence-electron chi connectivity index (χ1n) is 9.17. The number of rotatable bonds is 5. The number of ether oxygens (including phenoxy) is 1. The summed E-state index contributed by atoms with van der Waals surface area (Å²) in [5.74, 6) is -1.01. The third-order valence-electron chi connectivity index (χ3n) is 5.04. The number of aliphatic hydroxyl groups is 1. The van der Waals surface area contributed by atoms with Gasteiger partial charge in [-0.25, -0.2) is 0 Å². The number of halogens is 1. The number of amides is 1. The SMILES string of the molecule is COc1cccc(C2C(C(=O)c3cccs3)=C(O)C(=O)N2c2ccc(C)c(Cl)c2)c1. The van der Waals surface area contributed by atoms with Gasteiger partial charge in [-0.1, -0.05) is 35.9 Å². The standard InChI is InChI=1S/C23H18ClNO4S/c1-13-8-9-15(12-17(13)24)25-20(14-5-3-6-16(11-14)29-2)19(22(27)23(25)28)21(26)18-7-4-10-30-18/h3-12,20,27H,1-2H3. The van der Waals surface area contributed by atoms with E-state index >= 15 is 0 Å². The van der Waals surface area contributed by atoms with Gasteiger partial charge in [0.1, 0.15) is 5.75 Å². The van der Waals surface area contributed by atoms with Crippen LogP contribution in [-0.4, -0.2) is 23.9 Å². The smallest absolute Gasteiger partial charge is 0.294 e. The summed E-state index contributed by atoms with van der Waals surface area (Å²) in [4.78, 5) is 28.2. The van der Waals surface area contributed by atoms with Crippen molar-refractivity contribution in [3.8, 4) is 5.75 Å². The van der Waals surface area contributed by atoms with Crippen LogP contribution in [0.1, 0.15) is 26.8 Å². The van der Waals surface area contributed by atoms with Crippen LogP contribution in [0.15, 0.2) is 71.3 Å². The van der Waals surface area contributed by atoms with Gasteiger partial charge in [-0.15, -0.1) is 11.3 Å². The molecule has 1 atom stereocenters. The van der Waals surface area contributed by atoms with E-state index in [0.29, 0.717) is 26.9 Å². The average molecular weight is 440 g/mol. The molecule has 0 fully saturated rings. The number of carbonyl (C=O) groups is 2. The van der Waals surface area contributed by atoms with Crippen LogP contribution < -0.4 is 9.64 Å². The van der Waals surface area contributed by atoms with Crippen LogP contribution in [-0.2, 0) is 4.79 Å². The van der Waals surface area contributed by atoms with E-state index < -0.39 is 17.7 Å². The molecule has 152 valence electrons. The minimum absolute atomic E-state index is 0.0346. The Bertz CT molecular complexity index is 1170. The largest absolute Gasteiger partial charge is 0.503 e. The molecule has 2 heterocycles. The molecular formula is C23H18ClNO4S. The number of methoxy groups -OCH3 is 1. The molecule has 0 aliphatic carbocycles. The van der Waals surface area contributed by atoms with E-state index in [0.717, 1.165) is 5.56 Å². The van der Waals surface area contributed by atoms with Crippen molar-refractivity contribution in [1.29, 1.82) is 0 Å².